The summed E-state index contributed by atoms with van der Waals surface area (Å²) in [4.78, 5) is 11.8. The highest BCUT2D eigenvalue weighted by molar-refractivity contribution is 7.93. The largest absolute Gasteiger partial charge is 0.491 e. The van der Waals surface area contributed by atoms with Crippen molar-refractivity contribution in [2.45, 2.75) is 19.4 Å². The van der Waals surface area contributed by atoms with Crippen molar-refractivity contribution < 1.29 is 18.8 Å². The third kappa shape index (κ3) is 4.68. The van der Waals surface area contributed by atoms with Gasteiger partial charge in [-0.1, -0.05) is 0 Å². The van der Waals surface area contributed by atoms with Crippen molar-refractivity contribution in [1.82, 2.24) is 0 Å². The van der Waals surface area contributed by atoms with Crippen LogP contribution in [0.15, 0.2) is 24.3 Å². The van der Waals surface area contributed by atoms with Gasteiger partial charge in [0, 0.05) is 11.8 Å². The van der Waals surface area contributed by atoms with Gasteiger partial charge in [-0.3, -0.25) is 4.79 Å². The molecule has 0 aliphatic carbocycles. The molecular weight excluding hydrogens is 252 g/mol. The molecule has 4 nitrogen and oxygen atoms in total. The van der Waals surface area contributed by atoms with Crippen LogP contribution in [0.5, 0.6) is 5.75 Å². The maximum atomic E-state index is 11.8. The molecule has 18 heavy (non-hydrogen) atoms. The Bertz CT molecular complexity index is 381. The molecule has 100 valence electrons. The average molecular weight is 270 g/mol. The van der Waals surface area contributed by atoms with Crippen molar-refractivity contribution in [2.24, 2.45) is 0 Å². The molecule has 0 aromatic heterocycles. The Labute approximate surface area is 112 Å². The Morgan fingerprint density at radius 1 is 1.28 bits per heavy atom. The van der Waals surface area contributed by atoms with Gasteiger partial charge < -0.3 is 14.0 Å². The van der Waals surface area contributed by atoms with Gasteiger partial charge in [0.25, 0.3) is 0 Å². The van der Waals surface area contributed by atoms with Crippen LogP contribution >= 0.6 is 12.0 Å². The minimum atomic E-state index is -1.35. The molecule has 0 radical (unpaired) electrons. The van der Waals surface area contributed by atoms with Crippen LogP contribution in [0.3, 0.4) is 0 Å². The van der Waals surface area contributed by atoms with Crippen molar-refractivity contribution in [3.8, 4) is 5.75 Å². The summed E-state index contributed by atoms with van der Waals surface area (Å²) >= 11 is 1.29. The monoisotopic (exact) mass is 270 g/mol. The van der Waals surface area contributed by atoms with Crippen LogP contribution in [0.2, 0.25) is 0 Å². The number of carbonyl (C=O) groups is 1. The number of ether oxygens (including phenoxy) is 1. The summed E-state index contributed by atoms with van der Waals surface area (Å²) in [5.74, 6) is 0.367. The third-order valence-electron chi connectivity index (χ3n) is 2.23. The van der Waals surface area contributed by atoms with Gasteiger partial charge in [-0.05, 0) is 50.2 Å². The zero-order valence-electron chi connectivity index (χ0n) is 10.8. The number of hydrogen-bond donors (Lipinski definition) is 1. The maximum Gasteiger partial charge on any atom is 0.193 e. The van der Waals surface area contributed by atoms with Gasteiger partial charge >= 0.3 is 0 Å². The van der Waals surface area contributed by atoms with Gasteiger partial charge in [-0.2, -0.15) is 0 Å². The molecule has 0 atom stereocenters. The lowest BCUT2D eigenvalue weighted by atomic mass is 9.97. The molecule has 0 fully saturated rings. The Balaban J connectivity index is 2.55. The first-order valence-electron chi connectivity index (χ1n) is 5.61. The van der Waals surface area contributed by atoms with Gasteiger partial charge in [0.15, 0.2) is 5.78 Å². The van der Waals surface area contributed by atoms with E-state index in [0.717, 1.165) is 0 Å². The van der Waals surface area contributed by atoms with Gasteiger partial charge in [0.05, 0.1) is 6.61 Å². The van der Waals surface area contributed by atoms with Crippen LogP contribution in [0.1, 0.15) is 24.2 Å². The third-order valence-corrected chi connectivity index (χ3v) is 2.63. The topological polar surface area (TPSA) is 55.8 Å². The smallest absolute Gasteiger partial charge is 0.193 e. The Kier molecular flexibility index (Phi) is 5.65. The number of ketones is 1. The number of Topliss-reactive ketones (excluding diaryl/α,β-unsaturated/α-hetero) is 1. The molecule has 1 aromatic carbocycles. The van der Waals surface area contributed by atoms with Crippen molar-refractivity contribution in [1.29, 1.82) is 0 Å². The quantitative estimate of drug-likeness (QED) is 0.468. The van der Waals surface area contributed by atoms with Gasteiger partial charge in [-0.25, -0.2) is 0 Å². The van der Waals surface area contributed by atoms with E-state index in [4.69, 9.17) is 8.92 Å². The highest BCUT2D eigenvalue weighted by Gasteiger charge is 2.24. The summed E-state index contributed by atoms with van der Waals surface area (Å²) in [5, 5.41) is 9.61. The fraction of sp³-hybridized carbons (Fsp3) is 0.462. The normalized spacial score (nSPS) is 11.3. The molecule has 0 spiro atoms. The molecule has 5 heteroatoms. The number of aliphatic hydroxyl groups is 1. The second-order valence-electron chi connectivity index (χ2n) is 4.25. The lowest BCUT2D eigenvalue weighted by Crippen LogP contribution is -2.30. The van der Waals surface area contributed by atoms with E-state index in [-0.39, 0.29) is 5.78 Å². The predicted molar refractivity (Wildman–Crippen MR) is 72.0 cm³/mol. The number of hydrogen-bond acceptors (Lipinski definition) is 5. The summed E-state index contributed by atoms with van der Waals surface area (Å²) in [6.45, 7) is 3.91. The molecule has 0 aliphatic rings. The molecule has 0 heterocycles. The SMILES string of the molecule is CSOCCOc1ccc(C(=O)C(C)(C)O)cc1. The summed E-state index contributed by atoms with van der Waals surface area (Å²) in [7, 11) is 0. The minimum Gasteiger partial charge on any atom is -0.491 e. The van der Waals surface area contributed by atoms with E-state index < -0.39 is 5.60 Å². The fourth-order valence-corrected chi connectivity index (χ4v) is 1.57. The molecule has 0 aliphatic heterocycles. The molecule has 0 bridgehead atoms. The summed E-state index contributed by atoms with van der Waals surface area (Å²) < 4.78 is 10.5. The number of benzene rings is 1. The number of rotatable bonds is 7. The average Bonchev–Trinajstić information content (AvgIpc) is 2.33. The minimum absolute atomic E-state index is 0.306. The van der Waals surface area contributed by atoms with E-state index in [1.807, 2.05) is 6.26 Å². The van der Waals surface area contributed by atoms with E-state index >= 15 is 0 Å². The zero-order chi connectivity index (χ0) is 13.6. The summed E-state index contributed by atoms with van der Waals surface area (Å²) in [6, 6.07) is 6.70. The van der Waals surface area contributed by atoms with Crippen molar-refractivity contribution in [3.05, 3.63) is 29.8 Å². The highest BCUT2D eigenvalue weighted by Crippen LogP contribution is 2.17. The molecule has 0 amide bonds. The second kappa shape index (κ2) is 6.78. The molecule has 0 unspecified atom stereocenters. The van der Waals surface area contributed by atoms with Gasteiger partial charge in [0.1, 0.15) is 18.0 Å². The standard InChI is InChI=1S/C13H18O4S/c1-13(2,15)12(14)10-4-6-11(7-5-10)16-8-9-17-18-3/h4-7,15H,8-9H2,1-3H3. The van der Waals surface area contributed by atoms with E-state index in [2.05, 4.69) is 0 Å². The van der Waals surface area contributed by atoms with Crippen molar-refractivity contribution in [3.63, 3.8) is 0 Å². The van der Waals surface area contributed by atoms with Crippen LogP contribution in [-0.4, -0.2) is 36.0 Å². The molecule has 0 saturated carbocycles. The number of carbonyl (C=O) groups excluding carboxylic acids is 1. The molecular formula is C13H18O4S. The Morgan fingerprint density at radius 2 is 1.89 bits per heavy atom. The maximum absolute atomic E-state index is 11.8. The molecule has 1 rings (SSSR count). The molecule has 0 saturated heterocycles. The highest BCUT2D eigenvalue weighted by atomic mass is 32.2. The lowest BCUT2D eigenvalue weighted by molar-refractivity contribution is 0.0488. The lowest BCUT2D eigenvalue weighted by Gasteiger charge is -2.15. The Hall–Kier alpha value is -1.04. The zero-order valence-corrected chi connectivity index (χ0v) is 11.6. The van der Waals surface area contributed by atoms with Crippen molar-refractivity contribution in [2.75, 3.05) is 19.5 Å². The summed E-state index contributed by atoms with van der Waals surface area (Å²) in [6.07, 6.45) is 1.84. The fourth-order valence-electron chi connectivity index (χ4n) is 1.33. The second-order valence-corrected chi connectivity index (χ2v) is 4.82. The van der Waals surface area contributed by atoms with Crippen LogP contribution in [0.25, 0.3) is 0 Å². The van der Waals surface area contributed by atoms with E-state index in [0.29, 0.717) is 24.5 Å². The van der Waals surface area contributed by atoms with Crippen LogP contribution in [0.4, 0.5) is 0 Å². The first kappa shape index (κ1) is 15.0. The predicted octanol–water partition coefficient (Wildman–Crippen LogP) is 2.31. The van der Waals surface area contributed by atoms with E-state index in [1.165, 1.54) is 25.9 Å². The molecule has 1 N–H and O–H groups in total. The van der Waals surface area contributed by atoms with E-state index in [9.17, 15) is 9.90 Å². The molecule has 1 aromatic rings. The first-order valence-corrected chi connectivity index (χ1v) is 6.76. The van der Waals surface area contributed by atoms with E-state index in [1.54, 1.807) is 24.3 Å². The van der Waals surface area contributed by atoms with Crippen LogP contribution in [-0.2, 0) is 4.18 Å². The van der Waals surface area contributed by atoms with Crippen molar-refractivity contribution >= 4 is 17.8 Å². The van der Waals surface area contributed by atoms with Gasteiger partial charge in [-0.15, -0.1) is 0 Å². The first-order chi connectivity index (χ1) is 8.45. The van der Waals surface area contributed by atoms with Crippen LogP contribution in [0, 0.1) is 0 Å². The Morgan fingerprint density at radius 3 is 2.39 bits per heavy atom. The summed E-state index contributed by atoms with van der Waals surface area (Å²) in [5.41, 5.74) is -0.885. The van der Waals surface area contributed by atoms with Crippen LogP contribution < -0.4 is 4.74 Å². The van der Waals surface area contributed by atoms with Gasteiger partial charge in [0.2, 0.25) is 0 Å².